The van der Waals surface area contributed by atoms with E-state index in [0.29, 0.717) is 6.07 Å². The van der Waals surface area contributed by atoms with Crippen LogP contribution >= 0.6 is 22.6 Å². The fourth-order valence-corrected chi connectivity index (χ4v) is 1.57. The number of aromatic carboxylic acids is 1. The van der Waals surface area contributed by atoms with Gasteiger partial charge in [-0.3, -0.25) is 0 Å². The summed E-state index contributed by atoms with van der Waals surface area (Å²) < 4.78 is 24.5. The van der Waals surface area contributed by atoms with Crippen molar-refractivity contribution in [1.29, 1.82) is 0 Å². The van der Waals surface area contributed by atoms with Gasteiger partial charge in [-0.2, -0.15) is 0 Å². The molecule has 1 N–H and O–H groups in total. The summed E-state index contributed by atoms with van der Waals surface area (Å²) in [6.45, 7) is 0. The van der Waals surface area contributed by atoms with Crippen molar-refractivity contribution in [2.24, 2.45) is 0 Å². The highest BCUT2D eigenvalue weighted by molar-refractivity contribution is 14.1. The number of aromatic nitrogens is 1. The quantitative estimate of drug-likeness (QED) is 0.393. The molecule has 6 nitrogen and oxygen atoms in total. The molecule has 1 rings (SSSR count). The Kier molecular flexibility index (Phi) is 3.67. The monoisotopic (exact) mass is 344 g/mol. The second kappa shape index (κ2) is 4.63. The van der Waals surface area contributed by atoms with E-state index in [9.17, 15) is 23.7 Å². The summed E-state index contributed by atoms with van der Waals surface area (Å²) in [4.78, 5) is 23.3. The third-order valence-electron chi connectivity index (χ3n) is 1.62. The van der Waals surface area contributed by atoms with E-state index < -0.39 is 34.3 Å². The van der Waals surface area contributed by atoms with E-state index in [-0.39, 0.29) is 3.70 Å². The second-order valence-corrected chi connectivity index (χ2v) is 3.62. The summed E-state index contributed by atoms with van der Waals surface area (Å²) in [5.74, 6) is -2.61. The highest BCUT2D eigenvalue weighted by atomic mass is 127. The number of hydrogen-bond donors (Lipinski definition) is 1. The Morgan fingerprint density at radius 2 is 2.19 bits per heavy atom. The molecule has 0 saturated heterocycles. The third kappa shape index (κ3) is 2.40. The molecule has 0 bridgehead atoms. The molecule has 0 radical (unpaired) electrons. The van der Waals surface area contributed by atoms with Crippen molar-refractivity contribution < 1.29 is 23.6 Å². The highest BCUT2D eigenvalue weighted by Gasteiger charge is 2.28. The van der Waals surface area contributed by atoms with E-state index in [1.807, 2.05) is 0 Å². The number of rotatable bonds is 3. The number of carboxylic acid groups (broad SMARTS) is 1. The normalized spacial score (nSPS) is 10.5. The maximum atomic E-state index is 12.4. The van der Waals surface area contributed by atoms with E-state index >= 15 is 0 Å². The molecule has 1 heterocycles. The molecule has 86 valence electrons. The van der Waals surface area contributed by atoms with Crippen molar-refractivity contribution in [3.63, 3.8) is 0 Å². The van der Waals surface area contributed by atoms with E-state index in [2.05, 4.69) is 4.98 Å². The molecule has 0 aromatic carbocycles. The Balaban J connectivity index is 3.49. The summed E-state index contributed by atoms with van der Waals surface area (Å²) >= 11 is 1.39. The van der Waals surface area contributed by atoms with Crippen molar-refractivity contribution in [1.82, 2.24) is 4.98 Å². The Morgan fingerprint density at radius 1 is 1.62 bits per heavy atom. The maximum Gasteiger partial charge on any atom is 0.379 e. The van der Waals surface area contributed by atoms with Gasteiger partial charge in [0.1, 0.15) is 0 Å². The molecule has 0 spiro atoms. The van der Waals surface area contributed by atoms with Crippen LogP contribution in [-0.2, 0) is 0 Å². The molecule has 1 aromatic heterocycles. The number of pyridine rings is 1. The second-order valence-electron chi connectivity index (χ2n) is 2.60. The number of carboxylic acids is 1. The standard InChI is InChI=1S/C7H3F2IN2O4/c8-4(9)2-1-3(7(13)14)6(12(15)16)11-5(2)10/h1,4H,(H,13,14). The van der Waals surface area contributed by atoms with Gasteiger partial charge in [0.2, 0.25) is 3.70 Å². The van der Waals surface area contributed by atoms with E-state index in [1.165, 1.54) is 22.6 Å². The fourth-order valence-electron chi connectivity index (χ4n) is 0.947. The van der Waals surface area contributed by atoms with Crippen LogP contribution in [-0.4, -0.2) is 21.0 Å². The van der Waals surface area contributed by atoms with Crippen LogP contribution in [0.3, 0.4) is 0 Å². The van der Waals surface area contributed by atoms with E-state index in [0.717, 1.165) is 0 Å². The van der Waals surface area contributed by atoms with Crippen LogP contribution in [0.15, 0.2) is 6.07 Å². The van der Waals surface area contributed by atoms with Gasteiger partial charge in [0.05, 0.1) is 5.56 Å². The van der Waals surface area contributed by atoms with Crippen molar-refractivity contribution in [2.75, 3.05) is 0 Å². The molecule has 9 heteroatoms. The van der Waals surface area contributed by atoms with Gasteiger partial charge in [-0.05, 0) is 16.0 Å². The Hall–Kier alpha value is -1.39. The highest BCUT2D eigenvalue weighted by Crippen LogP contribution is 2.28. The lowest BCUT2D eigenvalue weighted by Crippen LogP contribution is -2.08. The third-order valence-corrected chi connectivity index (χ3v) is 2.49. The van der Waals surface area contributed by atoms with Crippen LogP contribution in [0.2, 0.25) is 0 Å². The van der Waals surface area contributed by atoms with Crippen LogP contribution in [0.4, 0.5) is 14.6 Å². The van der Waals surface area contributed by atoms with Crippen LogP contribution in [0, 0.1) is 13.8 Å². The number of halogens is 3. The SMILES string of the molecule is O=C(O)c1cc(C(F)F)c(I)nc1[N+](=O)[O-]. The predicted molar refractivity (Wildman–Crippen MR) is 55.5 cm³/mol. The zero-order valence-corrected chi connectivity index (χ0v) is 9.51. The molecule has 0 fully saturated rings. The minimum Gasteiger partial charge on any atom is -0.477 e. The molecule has 1 aromatic rings. The average Bonchev–Trinajstić information content (AvgIpc) is 2.15. The number of carbonyl (C=O) groups is 1. The van der Waals surface area contributed by atoms with Crippen LogP contribution in [0.1, 0.15) is 22.3 Å². The van der Waals surface area contributed by atoms with Gasteiger partial charge in [0.15, 0.2) is 5.56 Å². The van der Waals surface area contributed by atoms with Crippen molar-refractivity contribution in [2.45, 2.75) is 6.43 Å². The molecule has 0 unspecified atom stereocenters. The van der Waals surface area contributed by atoms with E-state index in [4.69, 9.17) is 5.11 Å². The largest absolute Gasteiger partial charge is 0.477 e. The molecule has 0 saturated carbocycles. The van der Waals surface area contributed by atoms with Gasteiger partial charge in [-0.15, -0.1) is 0 Å². The van der Waals surface area contributed by atoms with Crippen LogP contribution in [0.5, 0.6) is 0 Å². The first-order chi connectivity index (χ1) is 7.34. The van der Waals surface area contributed by atoms with Gasteiger partial charge in [0.25, 0.3) is 6.43 Å². The van der Waals surface area contributed by atoms with Gasteiger partial charge < -0.3 is 15.2 Å². The van der Waals surface area contributed by atoms with Gasteiger partial charge >= 0.3 is 11.8 Å². The zero-order chi connectivity index (χ0) is 12.5. The van der Waals surface area contributed by atoms with E-state index in [1.54, 1.807) is 0 Å². The first-order valence-electron chi connectivity index (χ1n) is 3.71. The summed E-state index contributed by atoms with van der Waals surface area (Å²) in [5.41, 5.74) is -1.48. The number of nitrogens with zero attached hydrogens (tertiary/aromatic N) is 2. The minimum absolute atomic E-state index is 0.288. The van der Waals surface area contributed by atoms with Gasteiger partial charge in [-0.1, -0.05) is 0 Å². The van der Waals surface area contributed by atoms with Gasteiger partial charge in [0, 0.05) is 22.6 Å². The van der Waals surface area contributed by atoms with Crippen molar-refractivity contribution in [3.8, 4) is 0 Å². The summed E-state index contributed by atoms with van der Waals surface area (Å²) in [6, 6.07) is 0.569. The number of nitro groups is 1. The summed E-state index contributed by atoms with van der Waals surface area (Å²) in [7, 11) is 0. The topological polar surface area (TPSA) is 93.3 Å². The zero-order valence-electron chi connectivity index (χ0n) is 7.35. The number of alkyl halides is 2. The minimum atomic E-state index is -2.93. The average molecular weight is 344 g/mol. The predicted octanol–water partition coefficient (Wildman–Crippen LogP) is 2.23. The molecule has 0 aliphatic rings. The van der Waals surface area contributed by atoms with Gasteiger partial charge in [-0.25, -0.2) is 13.6 Å². The molecular formula is C7H3F2IN2O4. The molecule has 0 atom stereocenters. The lowest BCUT2D eigenvalue weighted by molar-refractivity contribution is -0.390. The smallest absolute Gasteiger partial charge is 0.379 e. The lowest BCUT2D eigenvalue weighted by Gasteiger charge is -2.02. The first-order valence-corrected chi connectivity index (χ1v) is 4.78. The molecule has 0 amide bonds. The molecular weight excluding hydrogens is 341 g/mol. The molecule has 0 aliphatic carbocycles. The molecule has 0 aliphatic heterocycles. The molecule has 16 heavy (non-hydrogen) atoms. The van der Waals surface area contributed by atoms with Crippen molar-refractivity contribution >= 4 is 34.4 Å². The Bertz CT molecular complexity index is 466. The maximum absolute atomic E-state index is 12.4. The summed E-state index contributed by atoms with van der Waals surface area (Å²) in [5, 5.41) is 19.1. The fraction of sp³-hybridized carbons (Fsp3) is 0.143. The van der Waals surface area contributed by atoms with Crippen molar-refractivity contribution in [3.05, 3.63) is 31.0 Å². The Morgan fingerprint density at radius 3 is 2.56 bits per heavy atom. The first kappa shape index (κ1) is 12.7. The number of hydrogen-bond acceptors (Lipinski definition) is 4. The van der Waals surface area contributed by atoms with Crippen LogP contribution < -0.4 is 0 Å². The Labute approximate surface area is 101 Å². The lowest BCUT2D eigenvalue weighted by atomic mass is 10.2. The summed E-state index contributed by atoms with van der Waals surface area (Å²) in [6.07, 6.45) is -2.93. The van der Waals surface area contributed by atoms with Crippen LogP contribution in [0.25, 0.3) is 0 Å².